The second kappa shape index (κ2) is 6.73. The van der Waals surface area contributed by atoms with E-state index in [1.54, 1.807) is 0 Å². The Labute approximate surface area is 167 Å². The van der Waals surface area contributed by atoms with Crippen LogP contribution in [0.4, 0.5) is 5.69 Å². The molecule has 144 valence electrons. The Hall–Kier alpha value is -2.68. The summed E-state index contributed by atoms with van der Waals surface area (Å²) in [6, 6.07) is 16.1. The lowest BCUT2D eigenvalue weighted by Gasteiger charge is -2.43. The van der Waals surface area contributed by atoms with Gasteiger partial charge in [0.1, 0.15) is 0 Å². The normalized spacial score (nSPS) is 21.7. The van der Waals surface area contributed by atoms with E-state index >= 15 is 0 Å². The van der Waals surface area contributed by atoms with Gasteiger partial charge < -0.3 is 0 Å². The first-order chi connectivity index (χ1) is 13.3. The SMILES string of the molecule is Cc1cccc(N2C(=O)CC(c3ccccc3C)C3=C2CC(C)(C)CC3=O)c1. The molecule has 28 heavy (non-hydrogen) atoms. The maximum absolute atomic E-state index is 13.4. The van der Waals surface area contributed by atoms with Gasteiger partial charge in [-0.15, -0.1) is 0 Å². The van der Waals surface area contributed by atoms with E-state index in [-0.39, 0.29) is 23.0 Å². The minimum absolute atomic E-state index is 0.0723. The predicted molar refractivity (Wildman–Crippen MR) is 112 cm³/mol. The fourth-order valence-corrected chi connectivity index (χ4v) is 4.73. The molecule has 3 nitrogen and oxygen atoms in total. The van der Waals surface area contributed by atoms with Gasteiger partial charge in [0.2, 0.25) is 5.91 Å². The zero-order valence-electron chi connectivity index (χ0n) is 17.1. The quantitative estimate of drug-likeness (QED) is 0.700. The maximum Gasteiger partial charge on any atom is 0.232 e. The summed E-state index contributed by atoms with van der Waals surface area (Å²) in [7, 11) is 0. The highest BCUT2D eigenvalue weighted by Crippen LogP contribution is 2.48. The van der Waals surface area contributed by atoms with Gasteiger partial charge >= 0.3 is 0 Å². The molecule has 2 aromatic rings. The number of carbonyl (C=O) groups excluding carboxylic acids is 2. The Morgan fingerprint density at radius 2 is 1.71 bits per heavy atom. The van der Waals surface area contributed by atoms with E-state index in [4.69, 9.17) is 0 Å². The van der Waals surface area contributed by atoms with Gasteiger partial charge in [-0.25, -0.2) is 0 Å². The van der Waals surface area contributed by atoms with Crippen LogP contribution in [0.5, 0.6) is 0 Å². The highest BCUT2D eigenvalue weighted by atomic mass is 16.2. The molecule has 1 atom stereocenters. The molecule has 0 spiro atoms. The summed E-state index contributed by atoms with van der Waals surface area (Å²) in [5, 5.41) is 0. The van der Waals surface area contributed by atoms with Crippen LogP contribution < -0.4 is 4.90 Å². The first-order valence-corrected chi connectivity index (χ1v) is 9.98. The Kier molecular flexibility index (Phi) is 4.49. The van der Waals surface area contributed by atoms with E-state index < -0.39 is 0 Å². The van der Waals surface area contributed by atoms with E-state index in [0.29, 0.717) is 12.8 Å². The molecule has 1 heterocycles. The maximum atomic E-state index is 13.4. The van der Waals surface area contributed by atoms with Crippen LogP contribution in [0.15, 0.2) is 59.8 Å². The second-order valence-electron chi connectivity index (χ2n) is 8.98. The Morgan fingerprint density at radius 3 is 2.43 bits per heavy atom. The van der Waals surface area contributed by atoms with Gasteiger partial charge in [-0.1, -0.05) is 50.2 Å². The second-order valence-corrected chi connectivity index (χ2v) is 8.98. The highest BCUT2D eigenvalue weighted by Gasteiger charge is 2.44. The number of Topliss-reactive ketones (excluding diaryl/α,β-unsaturated/α-hetero) is 1. The van der Waals surface area contributed by atoms with Gasteiger partial charge in [0.25, 0.3) is 0 Å². The van der Waals surface area contributed by atoms with Crippen LogP contribution in [0.1, 0.15) is 55.7 Å². The van der Waals surface area contributed by atoms with Crippen LogP contribution in [0.3, 0.4) is 0 Å². The number of benzene rings is 2. The van der Waals surface area contributed by atoms with Crippen molar-refractivity contribution < 1.29 is 9.59 Å². The van der Waals surface area contributed by atoms with Gasteiger partial charge in [-0.2, -0.15) is 0 Å². The molecule has 1 aliphatic heterocycles. The number of ketones is 1. The zero-order chi connectivity index (χ0) is 20.1. The van der Waals surface area contributed by atoms with Crippen LogP contribution in [0, 0.1) is 19.3 Å². The standard InChI is InChI=1S/C25H27NO2/c1-16-8-7-10-18(12-16)26-21-14-25(3,4)15-22(27)24(21)20(13-23(26)28)19-11-6-5-9-17(19)2/h5-12,20H,13-15H2,1-4H3. The molecule has 0 bridgehead atoms. The highest BCUT2D eigenvalue weighted by molar-refractivity contribution is 6.07. The molecule has 0 N–H and O–H groups in total. The molecule has 1 unspecified atom stereocenters. The van der Waals surface area contributed by atoms with Crippen LogP contribution in [-0.2, 0) is 9.59 Å². The predicted octanol–water partition coefficient (Wildman–Crippen LogP) is 5.47. The molecular formula is C25H27NO2. The first kappa shape index (κ1) is 18.7. The topological polar surface area (TPSA) is 37.4 Å². The molecule has 2 aromatic carbocycles. The number of hydrogen-bond donors (Lipinski definition) is 0. The molecule has 3 heteroatoms. The van der Waals surface area contributed by atoms with Crippen molar-refractivity contribution in [3.8, 4) is 0 Å². The number of rotatable bonds is 2. The summed E-state index contributed by atoms with van der Waals surface area (Å²) >= 11 is 0. The van der Waals surface area contributed by atoms with Crippen molar-refractivity contribution in [3.05, 3.63) is 76.5 Å². The average Bonchev–Trinajstić information content (AvgIpc) is 2.60. The van der Waals surface area contributed by atoms with Gasteiger partial charge in [0.15, 0.2) is 5.78 Å². The van der Waals surface area contributed by atoms with Crippen molar-refractivity contribution in [1.82, 2.24) is 0 Å². The molecule has 2 aliphatic rings. The van der Waals surface area contributed by atoms with E-state index in [9.17, 15) is 9.59 Å². The molecule has 0 aromatic heterocycles. The molecule has 4 rings (SSSR count). The molecular weight excluding hydrogens is 346 g/mol. The van der Waals surface area contributed by atoms with Crippen LogP contribution in [-0.4, -0.2) is 11.7 Å². The summed E-state index contributed by atoms with van der Waals surface area (Å²) in [6.45, 7) is 8.32. The van der Waals surface area contributed by atoms with Gasteiger partial charge in [0.05, 0.1) is 0 Å². The minimum atomic E-state index is -0.147. The van der Waals surface area contributed by atoms with Crippen molar-refractivity contribution in [2.75, 3.05) is 4.90 Å². The Balaban J connectivity index is 1.93. The van der Waals surface area contributed by atoms with E-state index in [0.717, 1.165) is 40.1 Å². The van der Waals surface area contributed by atoms with Crippen molar-refractivity contribution in [1.29, 1.82) is 0 Å². The largest absolute Gasteiger partial charge is 0.294 e. The monoisotopic (exact) mass is 373 g/mol. The number of aryl methyl sites for hydroxylation is 2. The summed E-state index contributed by atoms with van der Waals surface area (Å²) in [4.78, 5) is 28.5. The summed E-state index contributed by atoms with van der Waals surface area (Å²) < 4.78 is 0. The van der Waals surface area contributed by atoms with Gasteiger partial charge in [-0.3, -0.25) is 14.5 Å². The zero-order valence-corrected chi connectivity index (χ0v) is 17.1. The lowest BCUT2D eigenvalue weighted by Crippen LogP contribution is -2.43. The third-order valence-electron chi connectivity index (χ3n) is 5.97. The van der Waals surface area contributed by atoms with E-state index in [1.807, 2.05) is 48.2 Å². The average molecular weight is 373 g/mol. The smallest absolute Gasteiger partial charge is 0.232 e. The molecule has 0 radical (unpaired) electrons. The van der Waals surface area contributed by atoms with Crippen molar-refractivity contribution in [3.63, 3.8) is 0 Å². The first-order valence-electron chi connectivity index (χ1n) is 9.98. The molecule has 1 amide bonds. The van der Waals surface area contributed by atoms with Crippen molar-refractivity contribution >= 4 is 17.4 Å². The fraction of sp³-hybridized carbons (Fsp3) is 0.360. The minimum Gasteiger partial charge on any atom is -0.294 e. The number of anilines is 1. The molecule has 0 saturated heterocycles. The van der Waals surface area contributed by atoms with Crippen LogP contribution in [0.25, 0.3) is 0 Å². The van der Waals surface area contributed by atoms with Crippen molar-refractivity contribution in [2.24, 2.45) is 5.41 Å². The number of amides is 1. The van der Waals surface area contributed by atoms with Crippen LogP contribution in [0.2, 0.25) is 0 Å². The Morgan fingerprint density at radius 1 is 0.964 bits per heavy atom. The number of allylic oxidation sites excluding steroid dienone is 2. The molecule has 0 saturated carbocycles. The van der Waals surface area contributed by atoms with Gasteiger partial charge in [0, 0.05) is 35.7 Å². The lowest BCUT2D eigenvalue weighted by molar-refractivity contribution is -0.121. The summed E-state index contributed by atoms with van der Waals surface area (Å²) in [6.07, 6.45) is 1.60. The third kappa shape index (κ3) is 3.19. The Bertz CT molecular complexity index is 999. The molecule has 1 aliphatic carbocycles. The van der Waals surface area contributed by atoms with Crippen LogP contribution >= 0.6 is 0 Å². The number of hydrogen-bond acceptors (Lipinski definition) is 2. The summed E-state index contributed by atoms with van der Waals surface area (Å²) in [5.74, 6) is 0.112. The van der Waals surface area contributed by atoms with E-state index in [1.165, 1.54) is 0 Å². The summed E-state index contributed by atoms with van der Waals surface area (Å²) in [5.41, 5.74) is 5.80. The lowest BCUT2D eigenvalue weighted by atomic mass is 9.69. The third-order valence-corrected chi connectivity index (χ3v) is 5.97. The number of nitrogens with zero attached hydrogens (tertiary/aromatic N) is 1. The molecule has 0 fully saturated rings. The van der Waals surface area contributed by atoms with Crippen molar-refractivity contribution in [2.45, 2.75) is 52.9 Å². The van der Waals surface area contributed by atoms with Gasteiger partial charge in [-0.05, 0) is 54.5 Å². The van der Waals surface area contributed by atoms with E-state index in [2.05, 4.69) is 32.9 Å². The number of carbonyl (C=O) groups is 2. The fourth-order valence-electron chi connectivity index (χ4n) is 4.73.